The number of rotatable bonds is 5. The average molecular weight is 263 g/mol. The molecular formula is C12H23F2N3O. The minimum absolute atomic E-state index is 0.0181. The van der Waals surface area contributed by atoms with Gasteiger partial charge in [-0.2, -0.15) is 0 Å². The number of hydrogen-bond acceptors (Lipinski definition) is 2. The molecule has 0 aromatic carbocycles. The van der Waals surface area contributed by atoms with Gasteiger partial charge in [-0.05, 0) is 13.3 Å². The van der Waals surface area contributed by atoms with Crippen LogP contribution in [0.15, 0.2) is 4.99 Å². The van der Waals surface area contributed by atoms with E-state index >= 15 is 0 Å². The molecule has 0 bridgehead atoms. The molecule has 0 saturated heterocycles. The molecule has 0 aliphatic heterocycles. The van der Waals surface area contributed by atoms with Crippen molar-refractivity contribution in [3.8, 4) is 0 Å². The fraction of sp³-hybridized carbons (Fsp3) is 0.917. The van der Waals surface area contributed by atoms with Crippen molar-refractivity contribution in [1.82, 2.24) is 10.6 Å². The third-order valence-corrected chi connectivity index (χ3v) is 3.50. The summed E-state index contributed by atoms with van der Waals surface area (Å²) >= 11 is 0. The predicted molar refractivity (Wildman–Crippen MR) is 68.1 cm³/mol. The van der Waals surface area contributed by atoms with E-state index in [1.807, 2.05) is 6.92 Å². The first-order valence-electron chi connectivity index (χ1n) is 6.27. The summed E-state index contributed by atoms with van der Waals surface area (Å²) in [7, 11) is 1.69. The minimum Gasteiger partial charge on any atom is -0.381 e. The molecule has 0 radical (unpaired) electrons. The molecular weight excluding hydrogens is 240 g/mol. The molecule has 4 nitrogen and oxygen atoms in total. The van der Waals surface area contributed by atoms with Crippen molar-refractivity contribution in [2.24, 2.45) is 10.4 Å². The molecule has 2 atom stereocenters. The van der Waals surface area contributed by atoms with E-state index in [1.54, 1.807) is 7.11 Å². The van der Waals surface area contributed by atoms with Gasteiger partial charge in [0.15, 0.2) is 5.96 Å². The van der Waals surface area contributed by atoms with Gasteiger partial charge < -0.3 is 15.4 Å². The summed E-state index contributed by atoms with van der Waals surface area (Å²) in [5, 5.41) is 6.16. The number of guanidine groups is 1. The average Bonchev–Trinajstić information content (AvgIpc) is 2.30. The number of hydrogen-bond donors (Lipinski definition) is 2. The van der Waals surface area contributed by atoms with Crippen molar-refractivity contribution in [3.63, 3.8) is 0 Å². The van der Waals surface area contributed by atoms with Crippen LogP contribution in [0.5, 0.6) is 0 Å². The fourth-order valence-corrected chi connectivity index (χ4v) is 2.18. The molecule has 1 aliphatic rings. The number of halogens is 2. The van der Waals surface area contributed by atoms with Gasteiger partial charge >= 0.3 is 0 Å². The summed E-state index contributed by atoms with van der Waals surface area (Å²) < 4.78 is 29.7. The maximum absolute atomic E-state index is 12.2. The van der Waals surface area contributed by atoms with Crippen LogP contribution in [-0.4, -0.2) is 44.7 Å². The van der Waals surface area contributed by atoms with Crippen LogP contribution in [0.4, 0.5) is 8.78 Å². The molecule has 1 saturated carbocycles. The van der Waals surface area contributed by atoms with Gasteiger partial charge in [0.1, 0.15) is 6.54 Å². The molecule has 0 spiro atoms. The van der Waals surface area contributed by atoms with E-state index in [-0.39, 0.29) is 17.6 Å². The maximum Gasteiger partial charge on any atom is 0.257 e. The summed E-state index contributed by atoms with van der Waals surface area (Å²) in [6.07, 6.45) is -1.35. The van der Waals surface area contributed by atoms with Crippen LogP contribution in [-0.2, 0) is 4.74 Å². The van der Waals surface area contributed by atoms with Gasteiger partial charge in [0.05, 0.1) is 6.10 Å². The molecule has 2 N–H and O–H groups in total. The van der Waals surface area contributed by atoms with Gasteiger partial charge in [0, 0.05) is 25.1 Å². The standard InChI is InChI=1S/C12H23F2N3O/c1-5-15-11(16-7-10(13)14)17-8-6-9(18-4)12(8,2)3/h8-10H,5-7H2,1-4H3,(H2,15,16,17). The summed E-state index contributed by atoms with van der Waals surface area (Å²) in [5.41, 5.74) is -0.0181. The monoisotopic (exact) mass is 263 g/mol. The second-order valence-electron chi connectivity index (χ2n) is 5.09. The molecule has 0 aromatic heterocycles. The number of nitrogens with one attached hydrogen (secondary N) is 2. The van der Waals surface area contributed by atoms with Crippen LogP contribution in [0.1, 0.15) is 27.2 Å². The molecule has 0 amide bonds. The lowest BCUT2D eigenvalue weighted by Gasteiger charge is -2.51. The van der Waals surface area contributed by atoms with E-state index in [0.29, 0.717) is 12.5 Å². The highest BCUT2D eigenvalue weighted by Gasteiger charge is 2.48. The maximum atomic E-state index is 12.2. The summed E-state index contributed by atoms with van der Waals surface area (Å²) in [5.74, 6) is 0.449. The predicted octanol–water partition coefficient (Wildman–Crippen LogP) is 1.62. The zero-order chi connectivity index (χ0) is 13.8. The molecule has 0 heterocycles. The second kappa shape index (κ2) is 6.31. The first-order chi connectivity index (χ1) is 8.41. The Morgan fingerprint density at radius 2 is 2.17 bits per heavy atom. The van der Waals surface area contributed by atoms with Crippen LogP contribution in [0.25, 0.3) is 0 Å². The van der Waals surface area contributed by atoms with E-state index in [9.17, 15) is 8.78 Å². The Hall–Kier alpha value is -0.910. The summed E-state index contributed by atoms with van der Waals surface area (Å²) in [6.45, 7) is 6.27. The molecule has 1 rings (SSSR count). The number of ether oxygens (including phenoxy) is 1. The topological polar surface area (TPSA) is 45.7 Å². The smallest absolute Gasteiger partial charge is 0.257 e. The Labute approximate surface area is 107 Å². The zero-order valence-corrected chi connectivity index (χ0v) is 11.5. The normalized spacial score (nSPS) is 26.9. The molecule has 0 aromatic rings. The summed E-state index contributed by atoms with van der Waals surface area (Å²) in [6, 6.07) is 0.193. The molecule has 18 heavy (non-hydrogen) atoms. The molecule has 1 fully saturated rings. The van der Waals surface area contributed by atoms with Gasteiger partial charge in [-0.3, -0.25) is 0 Å². The van der Waals surface area contributed by atoms with Gasteiger partial charge in [0.25, 0.3) is 6.43 Å². The minimum atomic E-state index is -2.42. The highest BCUT2D eigenvalue weighted by atomic mass is 19.3. The van der Waals surface area contributed by atoms with Crippen molar-refractivity contribution >= 4 is 5.96 Å². The summed E-state index contributed by atoms with van der Waals surface area (Å²) in [4.78, 5) is 3.85. The number of alkyl halides is 2. The largest absolute Gasteiger partial charge is 0.381 e. The molecule has 2 unspecified atom stereocenters. The van der Waals surface area contributed by atoms with Gasteiger partial charge in [-0.25, -0.2) is 13.8 Å². The van der Waals surface area contributed by atoms with Crippen LogP contribution < -0.4 is 10.6 Å². The second-order valence-corrected chi connectivity index (χ2v) is 5.09. The van der Waals surface area contributed by atoms with Gasteiger partial charge in [0.2, 0.25) is 0 Å². The Bertz CT molecular complexity index is 295. The van der Waals surface area contributed by atoms with Crippen molar-refractivity contribution in [3.05, 3.63) is 0 Å². The van der Waals surface area contributed by atoms with E-state index in [0.717, 1.165) is 6.42 Å². The first-order valence-corrected chi connectivity index (χ1v) is 6.27. The van der Waals surface area contributed by atoms with Crippen LogP contribution in [0.2, 0.25) is 0 Å². The Kier molecular flexibility index (Phi) is 5.31. The lowest BCUT2D eigenvalue weighted by molar-refractivity contribution is -0.0922. The van der Waals surface area contributed by atoms with Crippen molar-refractivity contribution in [2.75, 3.05) is 20.2 Å². The SMILES string of the molecule is CCNC(=NCC(F)F)NC1CC(OC)C1(C)C. The highest BCUT2D eigenvalue weighted by molar-refractivity contribution is 5.80. The van der Waals surface area contributed by atoms with E-state index in [2.05, 4.69) is 29.5 Å². The molecule has 6 heteroatoms. The lowest BCUT2D eigenvalue weighted by atomic mass is 9.64. The third-order valence-electron chi connectivity index (χ3n) is 3.50. The van der Waals surface area contributed by atoms with Crippen LogP contribution >= 0.6 is 0 Å². The van der Waals surface area contributed by atoms with Crippen molar-refractivity contribution in [1.29, 1.82) is 0 Å². The highest BCUT2D eigenvalue weighted by Crippen LogP contribution is 2.42. The Balaban J connectivity index is 2.55. The van der Waals surface area contributed by atoms with Gasteiger partial charge in [-0.15, -0.1) is 0 Å². The Morgan fingerprint density at radius 3 is 2.61 bits per heavy atom. The molecule has 106 valence electrons. The number of aliphatic imine (C=N–C) groups is 1. The van der Waals surface area contributed by atoms with E-state index in [1.165, 1.54) is 0 Å². The lowest BCUT2D eigenvalue weighted by Crippen LogP contribution is -2.63. The first kappa shape index (κ1) is 15.1. The van der Waals surface area contributed by atoms with Gasteiger partial charge in [-0.1, -0.05) is 13.8 Å². The number of nitrogens with zero attached hydrogens (tertiary/aromatic N) is 1. The quantitative estimate of drug-likeness (QED) is 0.585. The Morgan fingerprint density at radius 1 is 1.50 bits per heavy atom. The van der Waals surface area contributed by atoms with Crippen LogP contribution in [0, 0.1) is 5.41 Å². The van der Waals surface area contributed by atoms with Crippen molar-refractivity contribution < 1.29 is 13.5 Å². The molecule has 1 aliphatic carbocycles. The van der Waals surface area contributed by atoms with E-state index < -0.39 is 13.0 Å². The zero-order valence-electron chi connectivity index (χ0n) is 11.5. The van der Waals surface area contributed by atoms with Crippen molar-refractivity contribution in [2.45, 2.75) is 45.8 Å². The van der Waals surface area contributed by atoms with E-state index in [4.69, 9.17) is 4.74 Å². The fourth-order valence-electron chi connectivity index (χ4n) is 2.18. The third kappa shape index (κ3) is 3.54. The number of methoxy groups -OCH3 is 1. The van der Waals surface area contributed by atoms with Crippen LogP contribution in [0.3, 0.4) is 0 Å².